The minimum absolute atomic E-state index is 0.00714. The highest BCUT2D eigenvalue weighted by Gasteiger charge is 2.43. The van der Waals surface area contributed by atoms with Crippen LogP contribution in [0.3, 0.4) is 0 Å². The van der Waals surface area contributed by atoms with Crippen molar-refractivity contribution in [3.05, 3.63) is 35.9 Å². The molecule has 0 bridgehead atoms. The summed E-state index contributed by atoms with van der Waals surface area (Å²) in [6, 6.07) is 10.2. The molecule has 1 aromatic carbocycles. The number of benzene rings is 1. The Bertz CT molecular complexity index is 310. The van der Waals surface area contributed by atoms with E-state index in [0.29, 0.717) is 0 Å². The third-order valence-electron chi connectivity index (χ3n) is 2.39. The van der Waals surface area contributed by atoms with E-state index in [-0.39, 0.29) is 11.7 Å². The summed E-state index contributed by atoms with van der Waals surface area (Å²) in [4.78, 5) is 0. The number of hydrogen-bond acceptors (Lipinski definition) is 3. The van der Waals surface area contributed by atoms with Gasteiger partial charge in [0.2, 0.25) is 5.66 Å². The van der Waals surface area contributed by atoms with Gasteiger partial charge in [0.1, 0.15) is 0 Å². The summed E-state index contributed by atoms with van der Waals surface area (Å²) in [5, 5.41) is 8.06. The van der Waals surface area contributed by atoms with Crippen molar-refractivity contribution in [2.24, 2.45) is 16.0 Å². The third kappa shape index (κ3) is 1.60. The average molecular weight is 175 g/mol. The predicted octanol–water partition coefficient (Wildman–Crippen LogP) is 1.74. The smallest absolute Gasteiger partial charge is 0.209 e. The van der Waals surface area contributed by atoms with E-state index in [1.807, 2.05) is 25.1 Å². The van der Waals surface area contributed by atoms with Crippen LogP contribution in [0.2, 0.25) is 0 Å². The van der Waals surface area contributed by atoms with E-state index in [4.69, 9.17) is 5.73 Å². The quantitative estimate of drug-likeness (QED) is 0.747. The molecule has 1 aliphatic rings. The Hall–Kier alpha value is -1.22. The maximum absolute atomic E-state index is 5.79. The van der Waals surface area contributed by atoms with Crippen LogP contribution in [0, 0.1) is 0 Å². The summed E-state index contributed by atoms with van der Waals surface area (Å²) in [5.41, 5.74) is 6.72. The molecule has 68 valence electrons. The molecule has 1 unspecified atom stereocenters. The second-order valence-electron chi connectivity index (χ2n) is 3.53. The lowest BCUT2D eigenvalue weighted by Crippen LogP contribution is -2.36. The summed E-state index contributed by atoms with van der Waals surface area (Å²) in [7, 11) is 0. The first-order valence-corrected chi connectivity index (χ1v) is 4.46. The summed E-state index contributed by atoms with van der Waals surface area (Å²) in [6.45, 7) is 1.95. The van der Waals surface area contributed by atoms with Gasteiger partial charge in [0, 0.05) is 6.42 Å². The fourth-order valence-electron chi connectivity index (χ4n) is 1.37. The van der Waals surface area contributed by atoms with E-state index in [2.05, 4.69) is 22.4 Å². The Morgan fingerprint density at radius 2 is 1.92 bits per heavy atom. The minimum Gasteiger partial charge on any atom is -0.324 e. The standard InChI is InChI=1S/C10H13N3/c1-8(11)10(12-13-10)7-9-5-3-2-4-6-9/h2-6,8H,7,11H2,1H3. The Kier molecular flexibility index (Phi) is 1.88. The van der Waals surface area contributed by atoms with Crippen LogP contribution in [0.15, 0.2) is 40.6 Å². The number of nitrogens with zero attached hydrogens (tertiary/aromatic N) is 2. The van der Waals surface area contributed by atoms with Crippen LogP contribution in [-0.2, 0) is 6.42 Å². The van der Waals surface area contributed by atoms with Crippen molar-refractivity contribution < 1.29 is 0 Å². The van der Waals surface area contributed by atoms with E-state index in [9.17, 15) is 0 Å². The summed E-state index contributed by atoms with van der Waals surface area (Å²) in [6.07, 6.45) is 0.825. The van der Waals surface area contributed by atoms with Gasteiger partial charge in [0.15, 0.2) is 0 Å². The zero-order chi connectivity index (χ0) is 9.31. The van der Waals surface area contributed by atoms with Crippen molar-refractivity contribution in [1.29, 1.82) is 0 Å². The van der Waals surface area contributed by atoms with Crippen LogP contribution in [0.5, 0.6) is 0 Å². The van der Waals surface area contributed by atoms with E-state index in [1.165, 1.54) is 5.56 Å². The van der Waals surface area contributed by atoms with Gasteiger partial charge in [0.25, 0.3) is 0 Å². The molecule has 1 atom stereocenters. The average Bonchev–Trinajstić information content (AvgIpc) is 2.87. The molecule has 0 aromatic heterocycles. The van der Waals surface area contributed by atoms with Gasteiger partial charge in [-0.15, -0.1) is 0 Å². The van der Waals surface area contributed by atoms with Crippen molar-refractivity contribution in [2.45, 2.75) is 25.0 Å². The molecule has 0 radical (unpaired) electrons. The highest BCUT2D eigenvalue weighted by atomic mass is 15.5. The molecule has 13 heavy (non-hydrogen) atoms. The largest absolute Gasteiger partial charge is 0.324 e. The molecule has 0 spiro atoms. The van der Waals surface area contributed by atoms with Crippen molar-refractivity contribution in [3.63, 3.8) is 0 Å². The molecule has 2 rings (SSSR count). The van der Waals surface area contributed by atoms with Crippen LogP contribution in [0.1, 0.15) is 12.5 Å². The third-order valence-corrected chi connectivity index (χ3v) is 2.39. The molecule has 1 aliphatic heterocycles. The van der Waals surface area contributed by atoms with Gasteiger partial charge < -0.3 is 5.73 Å². The molecular weight excluding hydrogens is 162 g/mol. The molecule has 0 aliphatic carbocycles. The highest BCUT2D eigenvalue weighted by Crippen LogP contribution is 2.34. The van der Waals surface area contributed by atoms with Crippen molar-refractivity contribution in [2.75, 3.05) is 0 Å². The fourth-order valence-corrected chi connectivity index (χ4v) is 1.37. The Balaban J connectivity index is 2.07. The SMILES string of the molecule is CC(N)C1(Cc2ccccc2)N=N1. The Labute approximate surface area is 77.7 Å². The van der Waals surface area contributed by atoms with Gasteiger partial charge in [-0.05, 0) is 12.5 Å². The molecule has 0 amide bonds. The molecule has 0 fully saturated rings. The molecular formula is C10H13N3. The van der Waals surface area contributed by atoms with E-state index in [1.54, 1.807) is 0 Å². The second-order valence-corrected chi connectivity index (χ2v) is 3.53. The number of nitrogens with two attached hydrogens (primary N) is 1. The lowest BCUT2D eigenvalue weighted by Gasteiger charge is -2.13. The maximum atomic E-state index is 5.79. The van der Waals surface area contributed by atoms with Gasteiger partial charge in [-0.1, -0.05) is 30.3 Å². The zero-order valence-electron chi connectivity index (χ0n) is 7.64. The fraction of sp³-hybridized carbons (Fsp3) is 0.400. The monoisotopic (exact) mass is 175 g/mol. The van der Waals surface area contributed by atoms with Crippen molar-refractivity contribution in [1.82, 2.24) is 0 Å². The second kappa shape index (κ2) is 2.92. The predicted molar refractivity (Wildman–Crippen MR) is 51.4 cm³/mol. The van der Waals surface area contributed by atoms with Crippen molar-refractivity contribution in [3.8, 4) is 0 Å². The molecule has 3 nitrogen and oxygen atoms in total. The van der Waals surface area contributed by atoms with Crippen LogP contribution in [0.4, 0.5) is 0 Å². The van der Waals surface area contributed by atoms with Gasteiger partial charge in [0.05, 0.1) is 6.04 Å². The molecule has 2 N–H and O–H groups in total. The van der Waals surface area contributed by atoms with Crippen LogP contribution < -0.4 is 5.73 Å². The van der Waals surface area contributed by atoms with E-state index < -0.39 is 0 Å². The Morgan fingerprint density at radius 3 is 2.38 bits per heavy atom. The van der Waals surface area contributed by atoms with Crippen molar-refractivity contribution >= 4 is 0 Å². The first-order chi connectivity index (χ1) is 6.23. The molecule has 0 saturated carbocycles. The zero-order valence-corrected chi connectivity index (χ0v) is 7.64. The first kappa shape index (κ1) is 8.38. The van der Waals surface area contributed by atoms with Gasteiger partial charge in [-0.3, -0.25) is 0 Å². The lowest BCUT2D eigenvalue weighted by atomic mass is 9.98. The number of hydrogen-bond donors (Lipinski definition) is 1. The first-order valence-electron chi connectivity index (χ1n) is 4.46. The normalized spacial score (nSPS) is 19.8. The maximum Gasteiger partial charge on any atom is 0.209 e. The summed E-state index contributed by atoms with van der Waals surface area (Å²) < 4.78 is 0. The summed E-state index contributed by atoms with van der Waals surface area (Å²) in [5.74, 6) is 0. The van der Waals surface area contributed by atoms with E-state index >= 15 is 0 Å². The van der Waals surface area contributed by atoms with Crippen LogP contribution in [0.25, 0.3) is 0 Å². The van der Waals surface area contributed by atoms with E-state index in [0.717, 1.165) is 6.42 Å². The minimum atomic E-state index is -0.318. The van der Waals surface area contributed by atoms with Crippen LogP contribution in [-0.4, -0.2) is 11.7 Å². The molecule has 3 heteroatoms. The highest BCUT2D eigenvalue weighted by molar-refractivity contribution is 5.20. The number of rotatable bonds is 3. The molecule has 1 aromatic rings. The van der Waals surface area contributed by atoms with Gasteiger partial charge in [-0.25, -0.2) is 0 Å². The van der Waals surface area contributed by atoms with Crippen LogP contribution >= 0.6 is 0 Å². The molecule has 1 heterocycles. The topological polar surface area (TPSA) is 50.7 Å². The summed E-state index contributed by atoms with van der Waals surface area (Å²) >= 11 is 0. The lowest BCUT2D eigenvalue weighted by molar-refractivity contribution is 0.495. The van der Waals surface area contributed by atoms with Gasteiger partial charge in [-0.2, -0.15) is 10.2 Å². The molecule has 0 saturated heterocycles. The Morgan fingerprint density at radius 1 is 1.31 bits per heavy atom. The van der Waals surface area contributed by atoms with Gasteiger partial charge >= 0.3 is 0 Å².